The zero-order valence-electron chi connectivity index (χ0n) is 29.9. The molecule has 0 spiro atoms. The summed E-state index contributed by atoms with van der Waals surface area (Å²) in [7, 11) is 0. The number of nitrogens with zero attached hydrogens (tertiary/aromatic N) is 6. The number of pyridine rings is 1. The van der Waals surface area contributed by atoms with E-state index in [-0.39, 0.29) is 25.7 Å². The molecule has 0 saturated carbocycles. The van der Waals surface area contributed by atoms with Crippen molar-refractivity contribution in [3.63, 3.8) is 0 Å². The van der Waals surface area contributed by atoms with E-state index >= 15 is 0 Å². The van der Waals surface area contributed by atoms with Gasteiger partial charge in [0, 0.05) is 41.5 Å². The van der Waals surface area contributed by atoms with Crippen molar-refractivity contribution in [3.05, 3.63) is 132 Å². The van der Waals surface area contributed by atoms with Crippen LogP contribution in [0, 0.1) is 19.0 Å². The average Bonchev–Trinajstić information content (AvgIpc) is 3.70. The predicted molar refractivity (Wildman–Crippen MR) is 187 cm³/mol. The third kappa shape index (κ3) is 6.17. The van der Waals surface area contributed by atoms with Crippen molar-refractivity contribution in [2.24, 2.45) is 0 Å². The molecule has 4 aromatic heterocycles. The summed E-state index contributed by atoms with van der Waals surface area (Å²) < 4.78 is 30.2. The van der Waals surface area contributed by atoms with E-state index in [1.54, 1.807) is 18.2 Å². The average molecular weight is 810 g/mol. The molecule has 0 amide bonds. The number of furan rings is 1. The first-order valence-electron chi connectivity index (χ1n) is 17.1. The third-order valence-electron chi connectivity index (χ3n) is 8.10. The van der Waals surface area contributed by atoms with Crippen molar-refractivity contribution in [3.8, 4) is 28.3 Å². The molecular weight excluding hydrogens is 773 g/mol. The van der Waals surface area contributed by atoms with Gasteiger partial charge in [0.15, 0.2) is 5.65 Å². The molecular formula is C40H34IrN6O-2. The molecule has 0 aliphatic heterocycles. The van der Waals surface area contributed by atoms with Gasteiger partial charge in [-0.1, -0.05) is 87.2 Å². The van der Waals surface area contributed by atoms with Gasteiger partial charge in [0.1, 0.15) is 11.9 Å². The van der Waals surface area contributed by atoms with Gasteiger partial charge in [-0.05, 0) is 47.1 Å². The fourth-order valence-electron chi connectivity index (χ4n) is 5.86. The number of benzene rings is 4. The Morgan fingerprint density at radius 2 is 1.58 bits per heavy atom. The monoisotopic (exact) mass is 810 g/mol. The van der Waals surface area contributed by atoms with Crippen molar-refractivity contribution in [1.82, 2.24) is 29.7 Å². The van der Waals surface area contributed by atoms with Crippen molar-refractivity contribution in [2.45, 2.75) is 46.4 Å². The normalized spacial score (nSPS) is 12.4. The smallest absolute Gasteiger partial charge is 0.210 e. The molecule has 8 heteroatoms. The summed E-state index contributed by atoms with van der Waals surface area (Å²) in [5.74, 6) is 1.31. The minimum Gasteiger partial charge on any atom is -0.501 e. The van der Waals surface area contributed by atoms with E-state index in [1.165, 1.54) is 23.7 Å². The standard InChI is InChI=1S/C28H24N5O.C12H10N.Ir/c1-16(2)18-10-7-11-19(17(3)4)24(18)33-27(31-26-28(33)29-15-30-32-26)22-13-8-12-21-20-9-5-6-14-23(20)34-25(21)22;1-10-7-8-12(13-9-10)11-5-3-2-4-6-11;/h5-12,14-17H,1-4H3;2-5,7-9H,1H3;/q2*-1;/i;1D3;. The zero-order chi connectivity index (χ0) is 35.0. The number of fused-ring (bicyclic) bond motifs is 4. The van der Waals surface area contributed by atoms with E-state index in [0.29, 0.717) is 29.0 Å². The number of hydrogen-bond acceptors (Lipinski definition) is 6. The second-order valence-electron chi connectivity index (χ2n) is 11.9. The van der Waals surface area contributed by atoms with Crippen molar-refractivity contribution >= 4 is 33.2 Å². The van der Waals surface area contributed by atoms with Crippen LogP contribution in [-0.4, -0.2) is 29.7 Å². The first-order chi connectivity index (χ1) is 24.1. The second kappa shape index (κ2) is 14.0. The number of imidazole rings is 1. The molecule has 0 fully saturated rings. The van der Waals surface area contributed by atoms with Crippen LogP contribution in [0.15, 0.2) is 108 Å². The molecule has 0 bridgehead atoms. The SMILES string of the molecule is CC(C)c1cccc(C(C)C)c1-n1c(-c2[c-]ccc3c2oc2ccccc23)nc2nncnc21.[2H]C([2H])([2H])c1ccc(-c2[c-]cccc2)nc1.[Ir]. The Hall–Kier alpha value is -5.04. The van der Waals surface area contributed by atoms with Gasteiger partial charge in [-0.25, -0.2) is 4.98 Å². The summed E-state index contributed by atoms with van der Waals surface area (Å²) >= 11 is 0. The molecule has 0 aliphatic carbocycles. The van der Waals surface area contributed by atoms with E-state index in [0.717, 1.165) is 44.4 Å². The summed E-state index contributed by atoms with van der Waals surface area (Å²) in [5, 5.41) is 10.4. The Kier molecular flexibility index (Phi) is 8.48. The number of hydrogen-bond donors (Lipinski definition) is 0. The molecule has 0 aliphatic rings. The maximum atomic E-state index is 7.23. The molecule has 4 heterocycles. The Balaban J connectivity index is 0.000000222. The van der Waals surface area contributed by atoms with Crippen LogP contribution in [-0.2, 0) is 20.1 Å². The molecule has 0 N–H and O–H groups in total. The number of aromatic nitrogens is 6. The molecule has 7 nitrogen and oxygen atoms in total. The van der Waals surface area contributed by atoms with Crippen molar-refractivity contribution < 1.29 is 28.6 Å². The Bertz CT molecular complexity index is 2410. The molecule has 0 unspecified atom stereocenters. The van der Waals surface area contributed by atoms with Crippen molar-refractivity contribution in [2.75, 3.05) is 0 Å². The van der Waals surface area contributed by atoms with Gasteiger partial charge in [-0.15, -0.1) is 64.3 Å². The Labute approximate surface area is 297 Å². The molecule has 0 atom stereocenters. The van der Waals surface area contributed by atoms with Gasteiger partial charge in [0.05, 0.1) is 11.4 Å². The molecule has 8 rings (SSSR count). The Morgan fingerprint density at radius 3 is 2.29 bits per heavy atom. The fourth-order valence-corrected chi connectivity index (χ4v) is 5.86. The van der Waals surface area contributed by atoms with Crippen LogP contribution in [0.3, 0.4) is 0 Å². The van der Waals surface area contributed by atoms with Crippen molar-refractivity contribution in [1.29, 1.82) is 0 Å². The summed E-state index contributed by atoms with van der Waals surface area (Å²) in [6, 6.07) is 35.7. The van der Waals surface area contributed by atoms with Crippen LogP contribution in [0.2, 0.25) is 0 Å². The largest absolute Gasteiger partial charge is 0.501 e. The number of para-hydroxylation sites is 2. The summed E-state index contributed by atoms with van der Waals surface area (Å²) in [4.78, 5) is 13.7. The molecule has 8 aromatic rings. The van der Waals surface area contributed by atoms with Gasteiger partial charge < -0.3 is 14.0 Å². The van der Waals surface area contributed by atoms with Crippen LogP contribution in [0.4, 0.5) is 0 Å². The first-order valence-corrected chi connectivity index (χ1v) is 15.6. The van der Waals surface area contributed by atoms with Gasteiger partial charge in [0.25, 0.3) is 0 Å². The molecule has 1 radical (unpaired) electrons. The van der Waals surface area contributed by atoms with Crippen LogP contribution < -0.4 is 0 Å². The number of rotatable bonds is 5. The maximum Gasteiger partial charge on any atom is 0.210 e. The molecule has 48 heavy (non-hydrogen) atoms. The summed E-state index contributed by atoms with van der Waals surface area (Å²) in [6.45, 7) is 6.75. The van der Waals surface area contributed by atoms with Gasteiger partial charge >= 0.3 is 0 Å². The van der Waals surface area contributed by atoms with E-state index in [4.69, 9.17) is 13.5 Å². The topological polar surface area (TPSA) is 82.5 Å². The van der Waals surface area contributed by atoms with Crippen LogP contribution in [0.1, 0.15) is 60.3 Å². The fraction of sp³-hybridized carbons (Fsp3) is 0.175. The molecule has 0 saturated heterocycles. The quantitative estimate of drug-likeness (QED) is 0.161. The second-order valence-corrected chi connectivity index (χ2v) is 11.9. The van der Waals surface area contributed by atoms with E-state index in [2.05, 4.69) is 88.8 Å². The van der Waals surface area contributed by atoms with E-state index in [1.807, 2.05) is 48.5 Å². The molecule has 4 aromatic carbocycles. The van der Waals surface area contributed by atoms with Gasteiger partial charge in [-0.3, -0.25) is 4.98 Å². The van der Waals surface area contributed by atoms with Crippen LogP contribution in [0.5, 0.6) is 0 Å². The zero-order valence-corrected chi connectivity index (χ0v) is 29.3. The summed E-state index contributed by atoms with van der Waals surface area (Å²) in [6.07, 6.45) is 2.87. The minimum atomic E-state index is -2.09. The molecule has 241 valence electrons. The summed E-state index contributed by atoms with van der Waals surface area (Å²) in [5.41, 5.74) is 8.91. The first kappa shape index (κ1) is 29.1. The predicted octanol–water partition coefficient (Wildman–Crippen LogP) is 9.68. The maximum absolute atomic E-state index is 7.23. The minimum absolute atomic E-state index is 0. The van der Waals surface area contributed by atoms with Crippen LogP contribution >= 0.6 is 0 Å². The van der Waals surface area contributed by atoms with Crippen LogP contribution in [0.25, 0.3) is 61.6 Å². The van der Waals surface area contributed by atoms with Gasteiger partial charge in [-0.2, -0.15) is 0 Å². The van der Waals surface area contributed by atoms with E-state index in [9.17, 15) is 0 Å². The van der Waals surface area contributed by atoms with E-state index < -0.39 is 6.85 Å². The Morgan fingerprint density at radius 1 is 0.792 bits per heavy atom. The number of aryl methyl sites for hydroxylation is 1. The van der Waals surface area contributed by atoms with Gasteiger partial charge in [0.2, 0.25) is 5.65 Å². The third-order valence-corrected chi connectivity index (χ3v) is 8.10.